The molecule has 0 radical (unpaired) electrons. The van der Waals surface area contributed by atoms with Crippen molar-refractivity contribution in [3.05, 3.63) is 21.9 Å². The van der Waals surface area contributed by atoms with Crippen LogP contribution in [0.5, 0.6) is 0 Å². The first-order valence-electron chi connectivity index (χ1n) is 4.82. The van der Waals surface area contributed by atoms with Crippen molar-refractivity contribution < 1.29 is 18.3 Å². The Bertz CT molecular complexity index is 463. The molecule has 0 unspecified atom stereocenters. The van der Waals surface area contributed by atoms with Gasteiger partial charge >= 0.3 is 6.09 Å². The molecule has 1 aromatic heterocycles. The number of aromatic nitrogens is 1. The smallest absolute Gasteiger partial charge is 0.412 e. The number of rotatable bonds is 1. The van der Waals surface area contributed by atoms with E-state index in [9.17, 15) is 13.6 Å². The van der Waals surface area contributed by atoms with Crippen LogP contribution in [0.1, 0.15) is 20.8 Å². The lowest BCUT2D eigenvalue weighted by atomic mass is 10.2. The highest BCUT2D eigenvalue weighted by Gasteiger charge is 2.22. The number of nitrogens with one attached hydrogen (secondary N) is 1. The lowest BCUT2D eigenvalue weighted by Crippen LogP contribution is -2.27. The van der Waals surface area contributed by atoms with Crippen LogP contribution in [-0.2, 0) is 4.74 Å². The average Bonchev–Trinajstić information content (AvgIpc) is 2.19. The zero-order chi connectivity index (χ0) is 14.1. The standard InChI is InChI=1S/C10H10Cl2F2N2O2/c1-10(2,3)18-9(17)15-6-4(11)7(13)16-8(14)5(6)12/h1-3H3,(H,15,16,17). The van der Waals surface area contributed by atoms with Gasteiger partial charge in [-0.15, -0.1) is 0 Å². The summed E-state index contributed by atoms with van der Waals surface area (Å²) in [5.41, 5.74) is -1.19. The van der Waals surface area contributed by atoms with Crippen molar-refractivity contribution in [3.63, 3.8) is 0 Å². The topological polar surface area (TPSA) is 51.2 Å². The van der Waals surface area contributed by atoms with E-state index in [4.69, 9.17) is 27.9 Å². The zero-order valence-electron chi connectivity index (χ0n) is 9.78. The summed E-state index contributed by atoms with van der Waals surface area (Å²) in [4.78, 5) is 14.3. The summed E-state index contributed by atoms with van der Waals surface area (Å²) in [5.74, 6) is -2.55. The van der Waals surface area contributed by atoms with Crippen LogP contribution in [0.15, 0.2) is 0 Å². The quantitative estimate of drug-likeness (QED) is 0.797. The molecule has 0 aliphatic rings. The van der Waals surface area contributed by atoms with Gasteiger partial charge in [-0.2, -0.15) is 13.8 Å². The molecule has 1 aromatic rings. The van der Waals surface area contributed by atoms with Crippen LogP contribution in [0.25, 0.3) is 0 Å². The van der Waals surface area contributed by atoms with Gasteiger partial charge in [0.1, 0.15) is 15.6 Å². The van der Waals surface area contributed by atoms with E-state index in [0.29, 0.717) is 0 Å². The SMILES string of the molecule is CC(C)(C)OC(=O)Nc1c(Cl)c(F)nc(F)c1Cl. The predicted molar refractivity (Wildman–Crippen MR) is 64.0 cm³/mol. The number of carbonyl (C=O) groups excluding carboxylic acids is 1. The van der Waals surface area contributed by atoms with Crippen molar-refractivity contribution in [2.75, 3.05) is 5.32 Å². The lowest BCUT2D eigenvalue weighted by Gasteiger charge is -2.20. The Kier molecular flexibility index (Phi) is 4.34. The molecule has 0 saturated carbocycles. The fourth-order valence-corrected chi connectivity index (χ4v) is 1.42. The zero-order valence-corrected chi connectivity index (χ0v) is 11.3. The molecular weight excluding hydrogens is 289 g/mol. The Hall–Kier alpha value is -1.14. The molecule has 0 atom stereocenters. The third-order valence-corrected chi connectivity index (χ3v) is 2.31. The summed E-state index contributed by atoms with van der Waals surface area (Å²) in [5, 5.41) is 0.891. The van der Waals surface area contributed by atoms with E-state index in [1.165, 1.54) is 0 Å². The number of carbonyl (C=O) groups is 1. The maximum absolute atomic E-state index is 13.1. The highest BCUT2D eigenvalue weighted by molar-refractivity contribution is 6.39. The van der Waals surface area contributed by atoms with Crippen molar-refractivity contribution in [2.24, 2.45) is 0 Å². The van der Waals surface area contributed by atoms with E-state index >= 15 is 0 Å². The van der Waals surface area contributed by atoms with E-state index in [1.54, 1.807) is 20.8 Å². The fraction of sp³-hybridized carbons (Fsp3) is 0.400. The second-order valence-corrected chi connectivity index (χ2v) is 5.08. The van der Waals surface area contributed by atoms with Gasteiger partial charge in [0, 0.05) is 0 Å². The maximum atomic E-state index is 13.1. The monoisotopic (exact) mass is 298 g/mol. The van der Waals surface area contributed by atoms with Crippen molar-refractivity contribution in [1.29, 1.82) is 0 Å². The largest absolute Gasteiger partial charge is 0.444 e. The summed E-state index contributed by atoms with van der Waals surface area (Å²) in [6.45, 7) is 4.89. The van der Waals surface area contributed by atoms with Crippen molar-refractivity contribution in [2.45, 2.75) is 26.4 Å². The predicted octanol–water partition coefficient (Wildman–Crippen LogP) is 4.01. The molecule has 0 aliphatic carbocycles. The summed E-state index contributed by atoms with van der Waals surface area (Å²) in [6.07, 6.45) is -0.934. The maximum Gasteiger partial charge on any atom is 0.412 e. The van der Waals surface area contributed by atoms with E-state index < -0.39 is 39.3 Å². The molecule has 0 aromatic carbocycles. The molecule has 1 rings (SSSR count). The number of amides is 1. The lowest BCUT2D eigenvalue weighted by molar-refractivity contribution is 0.0636. The summed E-state index contributed by atoms with van der Waals surface area (Å²) in [7, 11) is 0. The normalized spacial score (nSPS) is 11.3. The van der Waals surface area contributed by atoms with Crippen LogP contribution in [-0.4, -0.2) is 16.7 Å². The van der Waals surface area contributed by atoms with Crippen molar-refractivity contribution >= 4 is 35.0 Å². The highest BCUT2D eigenvalue weighted by atomic mass is 35.5. The number of nitrogens with zero attached hydrogens (tertiary/aromatic N) is 1. The molecular formula is C10H10Cl2F2N2O2. The number of halogens is 4. The fourth-order valence-electron chi connectivity index (χ4n) is 1.00. The Labute approximate surface area is 112 Å². The van der Waals surface area contributed by atoms with Gasteiger partial charge in [0.15, 0.2) is 0 Å². The van der Waals surface area contributed by atoms with Gasteiger partial charge in [-0.05, 0) is 20.8 Å². The van der Waals surface area contributed by atoms with Gasteiger partial charge in [0.05, 0.1) is 5.69 Å². The second-order valence-electron chi connectivity index (χ2n) is 4.32. The van der Waals surface area contributed by atoms with Gasteiger partial charge in [0.25, 0.3) is 0 Å². The number of anilines is 1. The first kappa shape index (κ1) is 14.9. The molecule has 0 spiro atoms. The minimum atomic E-state index is -1.27. The van der Waals surface area contributed by atoms with E-state index in [0.717, 1.165) is 0 Å². The molecule has 8 heteroatoms. The molecule has 1 N–H and O–H groups in total. The second kappa shape index (κ2) is 5.24. The Morgan fingerprint density at radius 1 is 1.22 bits per heavy atom. The summed E-state index contributed by atoms with van der Waals surface area (Å²) in [6, 6.07) is 0. The average molecular weight is 299 g/mol. The van der Waals surface area contributed by atoms with Crippen LogP contribution in [0.3, 0.4) is 0 Å². The van der Waals surface area contributed by atoms with E-state index in [2.05, 4.69) is 10.3 Å². The molecule has 1 heterocycles. The minimum absolute atomic E-state index is 0.419. The Balaban J connectivity index is 3.01. The van der Waals surface area contributed by atoms with Gasteiger partial charge in [-0.25, -0.2) is 4.79 Å². The van der Waals surface area contributed by atoms with Crippen molar-refractivity contribution in [3.8, 4) is 0 Å². The van der Waals surface area contributed by atoms with Crippen LogP contribution in [0.4, 0.5) is 19.3 Å². The number of hydrogen-bond donors (Lipinski definition) is 1. The van der Waals surface area contributed by atoms with Crippen LogP contribution in [0.2, 0.25) is 10.0 Å². The molecule has 0 fully saturated rings. The summed E-state index contributed by atoms with van der Waals surface area (Å²) >= 11 is 11.1. The highest BCUT2D eigenvalue weighted by Crippen LogP contribution is 2.33. The van der Waals surface area contributed by atoms with Gasteiger partial charge in [-0.3, -0.25) is 5.32 Å². The van der Waals surface area contributed by atoms with Crippen LogP contribution >= 0.6 is 23.2 Å². The minimum Gasteiger partial charge on any atom is -0.444 e. The van der Waals surface area contributed by atoms with Crippen molar-refractivity contribution in [1.82, 2.24) is 4.98 Å². The molecule has 1 amide bonds. The molecule has 4 nitrogen and oxygen atoms in total. The molecule has 18 heavy (non-hydrogen) atoms. The first-order chi connectivity index (χ1) is 8.11. The third-order valence-electron chi connectivity index (χ3n) is 1.62. The van der Waals surface area contributed by atoms with Gasteiger partial charge in [-0.1, -0.05) is 23.2 Å². The number of hydrogen-bond acceptors (Lipinski definition) is 3. The molecule has 100 valence electrons. The molecule has 0 aliphatic heterocycles. The summed E-state index contributed by atoms with van der Waals surface area (Å²) < 4.78 is 31.0. The van der Waals surface area contributed by atoms with Gasteiger partial charge < -0.3 is 4.74 Å². The molecule has 0 bridgehead atoms. The van der Waals surface area contributed by atoms with E-state index in [1.807, 2.05) is 0 Å². The third kappa shape index (κ3) is 3.68. The first-order valence-corrected chi connectivity index (χ1v) is 5.57. The van der Waals surface area contributed by atoms with Crippen LogP contribution < -0.4 is 5.32 Å². The van der Waals surface area contributed by atoms with Gasteiger partial charge in [0.2, 0.25) is 11.9 Å². The van der Waals surface area contributed by atoms with E-state index in [-0.39, 0.29) is 0 Å². The Morgan fingerprint density at radius 2 is 1.67 bits per heavy atom. The Morgan fingerprint density at radius 3 is 2.06 bits per heavy atom. The van der Waals surface area contributed by atoms with Crippen LogP contribution in [0, 0.1) is 11.9 Å². The number of ether oxygens (including phenoxy) is 1. The molecule has 0 saturated heterocycles. The number of pyridine rings is 1.